The van der Waals surface area contributed by atoms with Crippen molar-refractivity contribution in [3.63, 3.8) is 0 Å². The molecular formula is C22H20FN7O2. The molecular weight excluding hydrogens is 413 g/mol. The fraction of sp³-hybridized carbons (Fsp3) is 0.227. The Balaban J connectivity index is 1.45. The molecule has 3 heterocycles. The van der Waals surface area contributed by atoms with Gasteiger partial charge in [-0.15, -0.1) is 0 Å². The topological polar surface area (TPSA) is 118 Å². The van der Waals surface area contributed by atoms with Gasteiger partial charge in [0.25, 0.3) is 0 Å². The van der Waals surface area contributed by atoms with Crippen molar-refractivity contribution in [2.75, 3.05) is 6.54 Å². The van der Waals surface area contributed by atoms with Gasteiger partial charge in [0.05, 0.1) is 18.6 Å². The molecule has 1 fully saturated rings. The number of nitrogens with zero attached hydrogens (tertiary/aromatic N) is 6. The first-order chi connectivity index (χ1) is 15.7. The number of pyridine rings is 1. The monoisotopic (exact) mass is 433 g/mol. The summed E-state index contributed by atoms with van der Waals surface area (Å²) in [5, 5.41) is 8.14. The van der Waals surface area contributed by atoms with Gasteiger partial charge in [-0.25, -0.2) is 23.4 Å². The number of aromatic nitrogens is 6. The van der Waals surface area contributed by atoms with E-state index in [1.165, 1.54) is 10.9 Å². The molecule has 0 bridgehead atoms. The van der Waals surface area contributed by atoms with Crippen molar-refractivity contribution in [1.29, 1.82) is 0 Å². The van der Waals surface area contributed by atoms with E-state index in [4.69, 9.17) is 10.3 Å². The highest BCUT2D eigenvalue weighted by Crippen LogP contribution is 2.39. The van der Waals surface area contributed by atoms with Gasteiger partial charge in [0.2, 0.25) is 11.7 Å². The molecule has 1 aliphatic rings. The van der Waals surface area contributed by atoms with Crippen LogP contribution in [0.25, 0.3) is 28.5 Å². The van der Waals surface area contributed by atoms with E-state index in [0.717, 1.165) is 28.7 Å². The van der Waals surface area contributed by atoms with Crippen LogP contribution in [0.1, 0.15) is 24.7 Å². The molecule has 0 amide bonds. The van der Waals surface area contributed by atoms with Gasteiger partial charge in [-0.1, -0.05) is 29.4 Å². The van der Waals surface area contributed by atoms with Crippen LogP contribution in [0.3, 0.4) is 0 Å². The zero-order valence-corrected chi connectivity index (χ0v) is 17.1. The molecule has 3 aromatic heterocycles. The summed E-state index contributed by atoms with van der Waals surface area (Å²) >= 11 is 0. The largest absolute Gasteiger partial charge is 0.351 e. The van der Waals surface area contributed by atoms with Crippen LogP contribution >= 0.6 is 0 Å². The van der Waals surface area contributed by atoms with E-state index in [9.17, 15) is 9.18 Å². The summed E-state index contributed by atoms with van der Waals surface area (Å²) < 4.78 is 20.6. The average Bonchev–Trinajstić information content (AvgIpc) is 3.45. The second kappa shape index (κ2) is 8.31. The molecule has 32 heavy (non-hydrogen) atoms. The maximum absolute atomic E-state index is 12.8. The fourth-order valence-corrected chi connectivity index (χ4v) is 3.32. The van der Waals surface area contributed by atoms with Crippen LogP contribution < -0.4 is 11.4 Å². The molecule has 162 valence electrons. The molecule has 0 unspecified atom stereocenters. The first-order valence-electron chi connectivity index (χ1n) is 10.2. The van der Waals surface area contributed by atoms with Crippen molar-refractivity contribution in [3.8, 4) is 28.5 Å². The van der Waals surface area contributed by atoms with Crippen LogP contribution in [-0.4, -0.2) is 36.0 Å². The number of hydrogen-bond acceptors (Lipinski definition) is 7. The average molecular weight is 433 g/mol. The van der Waals surface area contributed by atoms with Crippen molar-refractivity contribution in [2.24, 2.45) is 5.73 Å². The summed E-state index contributed by atoms with van der Waals surface area (Å²) in [6, 6.07) is 13.0. The van der Waals surface area contributed by atoms with Crippen molar-refractivity contribution < 1.29 is 8.91 Å². The number of benzene rings is 1. The summed E-state index contributed by atoms with van der Waals surface area (Å²) in [6.07, 6.45) is 3.93. The van der Waals surface area contributed by atoms with Crippen LogP contribution in [0.15, 0.2) is 70.0 Å². The molecule has 10 heteroatoms. The highest BCUT2D eigenvalue weighted by Gasteiger charge is 2.29. The quantitative estimate of drug-likeness (QED) is 0.476. The molecule has 4 aromatic rings. The van der Waals surface area contributed by atoms with E-state index in [-0.39, 0.29) is 18.7 Å². The first-order valence-corrected chi connectivity index (χ1v) is 10.2. The smallest absolute Gasteiger partial charge is 0.339 e. The second-order valence-corrected chi connectivity index (χ2v) is 7.60. The van der Waals surface area contributed by atoms with Gasteiger partial charge in [0.1, 0.15) is 12.1 Å². The SMILES string of the molecule is NC/C(=C\F)Cn1ncn(-c2cccc(-c3cccc(-c4noc(C5CC5)n4)c3)n2)c1=O. The van der Waals surface area contributed by atoms with Crippen LogP contribution in [0, 0.1) is 0 Å². The third kappa shape index (κ3) is 3.87. The van der Waals surface area contributed by atoms with Crippen molar-refractivity contribution >= 4 is 0 Å². The lowest BCUT2D eigenvalue weighted by molar-refractivity contribution is 0.380. The van der Waals surface area contributed by atoms with Crippen LogP contribution in [0.5, 0.6) is 0 Å². The molecule has 1 saturated carbocycles. The Hall–Kier alpha value is -3.92. The zero-order chi connectivity index (χ0) is 22.1. The van der Waals surface area contributed by atoms with Crippen molar-refractivity contribution in [1.82, 2.24) is 29.5 Å². The van der Waals surface area contributed by atoms with Crippen LogP contribution in [-0.2, 0) is 6.54 Å². The van der Waals surface area contributed by atoms with Crippen LogP contribution in [0.2, 0.25) is 0 Å². The maximum Gasteiger partial charge on any atom is 0.351 e. The standard InChI is InChI=1S/C22H20FN7O2/c23-10-14(11-24)12-30-22(31)29(13-25-30)19-6-2-5-18(26-19)16-3-1-4-17(9-16)20-27-21(32-28-20)15-7-8-15/h1-6,9-10,13,15H,7-8,11-12,24H2/b14-10+. The summed E-state index contributed by atoms with van der Waals surface area (Å²) in [4.78, 5) is 21.8. The summed E-state index contributed by atoms with van der Waals surface area (Å²) in [5.74, 6) is 2.01. The maximum atomic E-state index is 12.8. The normalized spacial score (nSPS) is 14.1. The number of rotatable bonds is 7. The molecule has 0 spiro atoms. The Morgan fingerprint density at radius 3 is 2.78 bits per heavy atom. The lowest BCUT2D eigenvalue weighted by Crippen LogP contribution is -2.26. The predicted molar refractivity (Wildman–Crippen MR) is 115 cm³/mol. The van der Waals surface area contributed by atoms with E-state index in [1.54, 1.807) is 12.1 Å². The van der Waals surface area contributed by atoms with Gasteiger partial charge >= 0.3 is 5.69 Å². The van der Waals surface area contributed by atoms with E-state index in [2.05, 4.69) is 20.2 Å². The van der Waals surface area contributed by atoms with Gasteiger partial charge in [0.15, 0.2) is 0 Å². The van der Waals surface area contributed by atoms with E-state index in [0.29, 0.717) is 35.5 Å². The van der Waals surface area contributed by atoms with Gasteiger partial charge in [-0.2, -0.15) is 10.1 Å². The lowest BCUT2D eigenvalue weighted by Gasteiger charge is -2.06. The Kier molecular flexibility index (Phi) is 5.20. The first kappa shape index (κ1) is 20.0. The molecule has 2 N–H and O–H groups in total. The van der Waals surface area contributed by atoms with E-state index >= 15 is 0 Å². The molecule has 0 saturated heterocycles. The highest BCUT2D eigenvalue weighted by molar-refractivity contribution is 5.68. The Labute approximate surface area is 182 Å². The van der Waals surface area contributed by atoms with Crippen molar-refractivity contribution in [3.05, 3.63) is 77.1 Å². The highest BCUT2D eigenvalue weighted by atomic mass is 19.1. The minimum Gasteiger partial charge on any atom is -0.339 e. The minimum absolute atomic E-state index is 0.00238. The van der Waals surface area contributed by atoms with Gasteiger partial charge in [-0.05, 0) is 36.6 Å². The van der Waals surface area contributed by atoms with Gasteiger partial charge in [0, 0.05) is 23.6 Å². The summed E-state index contributed by atoms with van der Waals surface area (Å²) in [6.45, 7) is -0.0173. The summed E-state index contributed by atoms with van der Waals surface area (Å²) in [7, 11) is 0. The minimum atomic E-state index is -0.435. The molecule has 5 rings (SSSR count). The third-order valence-electron chi connectivity index (χ3n) is 5.27. The zero-order valence-electron chi connectivity index (χ0n) is 17.1. The Morgan fingerprint density at radius 1 is 1.19 bits per heavy atom. The van der Waals surface area contributed by atoms with Gasteiger partial charge < -0.3 is 10.3 Å². The summed E-state index contributed by atoms with van der Waals surface area (Å²) in [5.41, 5.74) is 7.63. The lowest BCUT2D eigenvalue weighted by atomic mass is 10.1. The van der Waals surface area contributed by atoms with Crippen molar-refractivity contribution in [2.45, 2.75) is 25.3 Å². The third-order valence-corrected chi connectivity index (χ3v) is 5.27. The van der Waals surface area contributed by atoms with E-state index in [1.807, 2.05) is 30.3 Å². The van der Waals surface area contributed by atoms with Crippen LogP contribution in [0.4, 0.5) is 4.39 Å². The Bertz CT molecular complexity index is 1350. The molecule has 0 radical (unpaired) electrons. The van der Waals surface area contributed by atoms with E-state index < -0.39 is 5.69 Å². The molecule has 9 nitrogen and oxygen atoms in total. The fourth-order valence-electron chi connectivity index (χ4n) is 3.32. The molecule has 1 aromatic carbocycles. The Morgan fingerprint density at radius 2 is 2.00 bits per heavy atom. The number of nitrogens with two attached hydrogens (primary N) is 1. The predicted octanol–water partition coefficient (Wildman–Crippen LogP) is 2.84. The molecule has 1 aliphatic carbocycles. The van der Waals surface area contributed by atoms with Gasteiger partial charge in [-0.3, -0.25) is 0 Å². The number of hydrogen-bond donors (Lipinski definition) is 1. The molecule has 0 aliphatic heterocycles. The second-order valence-electron chi connectivity index (χ2n) is 7.60. The number of halogens is 1. The molecule has 0 atom stereocenters.